The predicted octanol–water partition coefficient (Wildman–Crippen LogP) is 1.98. The SMILES string of the molecule is CCC(=O)Nc1ccc2c(c1)C(=O)N(C)[C@@H]1CC[C@@H](CC(=O)OC)O[C@H]1CO2. The summed E-state index contributed by atoms with van der Waals surface area (Å²) >= 11 is 0. The molecule has 0 saturated carbocycles. The Morgan fingerprint density at radius 2 is 2.11 bits per heavy atom. The van der Waals surface area contributed by atoms with Crippen LogP contribution < -0.4 is 10.1 Å². The minimum atomic E-state index is -0.329. The molecule has 2 aliphatic heterocycles. The molecule has 0 radical (unpaired) electrons. The zero-order chi connectivity index (χ0) is 20.3. The molecule has 1 aromatic rings. The van der Waals surface area contributed by atoms with Crippen molar-refractivity contribution >= 4 is 23.5 Å². The molecule has 2 aliphatic rings. The molecule has 0 bridgehead atoms. The largest absolute Gasteiger partial charge is 0.490 e. The van der Waals surface area contributed by atoms with Crippen molar-refractivity contribution in [2.24, 2.45) is 0 Å². The van der Waals surface area contributed by atoms with Crippen molar-refractivity contribution in [3.63, 3.8) is 0 Å². The summed E-state index contributed by atoms with van der Waals surface area (Å²) in [5.41, 5.74) is 0.970. The van der Waals surface area contributed by atoms with Crippen LogP contribution in [-0.4, -0.2) is 61.7 Å². The summed E-state index contributed by atoms with van der Waals surface area (Å²) < 4.78 is 16.6. The van der Waals surface area contributed by atoms with E-state index in [1.54, 1.807) is 37.1 Å². The summed E-state index contributed by atoms with van der Waals surface area (Å²) in [6, 6.07) is 4.89. The summed E-state index contributed by atoms with van der Waals surface area (Å²) in [5, 5.41) is 2.77. The number of nitrogens with zero attached hydrogens (tertiary/aromatic N) is 1. The first-order valence-corrected chi connectivity index (χ1v) is 9.49. The maximum Gasteiger partial charge on any atom is 0.308 e. The summed E-state index contributed by atoms with van der Waals surface area (Å²) in [7, 11) is 3.10. The van der Waals surface area contributed by atoms with Gasteiger partial charge in [-0.15, -0.1) is 0 Å². The van der Waals surface area contributed by atoms with Crippen LogP contribution in [0.25, 0.3) is 0 Å². The number of ether oxygens (including phenoxy) is 3. The lowest BCUT2D eigenvalue weighted by Gasteiger charge is -2.42. The van der Waals surface area contributed by atoms with E-state index in [-0.39, 0.29) is 49.1 Å². The number of rotatable bonds is 4. The highest BCUT2D eigenvalue weighted by molar-refractivity contribution is 5.99. The first kappa shape index (κ1) is 20.1. The second kappa shape index (κ2) is 8.60. The number of methoxy groups -OCH3 is 1. The number of hydrogen-bond acceptors (Lipinski definition) is 6. The van der Waals surface area contributed by atoms with Gasteiger partial charge in [0.15, 0.2) is 0 Å². The molecule has 0 aromatic heterocycles. The molecule has 8 nitrogen and oxygen atoms in total. The molecular weight excluding hydrogens is 364 g/mol. The standard InChI is InChI=1S/C20H26N2O6/c1-4-18(23)21-12-5-8-16-14(9-12)20(25)22(2)15-7-6-13(10-19(24)26-3)28-17(15)11-27-16/h5,8-9,13,15,17H,4,6-7,10-11H2,1-3H3,(H,21,23)/t13-,15+,17-/m0/s1. The third kappa shape index (κ3) is 4.27. The minimum Gasteiger partial charge on any atom is -0.490 e. The molecule has 2 amide bonds. The minimum absolute atomic E-state index is 0.120. The van der Waals surface area contributed by atoms with Crippen LogP contribution in [0.2, 0.25) is 0 Å². The fourth-order valence-electron chi connectivity index (χ4n) is 3.62. The predicted molar refractivity (Wildman–Crippen MR) is 101 cm³/mol. The third-order valence-electron chi connectivity index (χ3n) is 5.24. The fraction of sp³-hybridized carbons (Fsp3) is 0.550. The van der Waals surface area contributed by atoms with Crippen LogP contribution in [0.15, 0.2) is 18.2 Å². The number of fused-ring (bicyclic) bond motifs is 2. The topological polar surface area (TPSA) is 94.2 Å². The number of anilines is 1. The van der Waals surface area contributed by atoms with Crippen LogP contribution in [0, 0.1) is 0 Å². The Kier molecular flexibility index (Phi) is 6.18. The lowest BCUT2D eigenvalue weighted by atomic mass is 9.94. The van der Waals surface area contributed by atoms with Gasteiger partial charge in [0.1, 0.15) is 18.5 Å². The molecule has 1 N–H and O–H groups in total. The van der Waals surface area contributed by atoms with Crippen LogP contribution in [0.4, 0.5) is 5.69 Å². The maximum absolute atomic E-state index is 13.1. The van der Waals surface area contributed by atoms with Crippen molar-refractivity contribution < 1.29 is 28.6 Å². The molecule has 1 saturated heterocycles. The smallest absolute Gasteiger partial charge is 0.308 e. The second-order valence-corrected chi connectivity index (χ2v) is 7.06. The molecule has 0 aliphatic carbocycles. The van der Waals surface area contributed by atoms with Crippen molar-refractivity contribution in [2.75, 3.05) is 26.1 Å². The van der Waals surface area contributed by atoms with Gasteiger partial charge in [-0.1, -0.05) is 6.92 Å². The van der Waals surface area contributed by atoms with Gasteiger partial charge in [-0.2, -0.15) is 0 Å². The lowest BCUT2D eigenvalue weighted by Crippen LogP contribution is -2.53. The van der Waals surface area contributed by atoms with Crippen LogP contribution in [0.1, 0.15) is 43.0 Å². The van der Waals surface area contributed by atoms with Crippen LogP contribution in [-0.2, 0) is 19.1 Å². The number of esters is 1. The van der Waals surface area contributed by atoms with Crippen molar-refractivity contribution in [3.05, 3.63) is 23.8 Å². The molecular formula is C20H26N2O6. The van der Waals surface area contributed by atoms with E-state index in [1.807, 2.05) is 0 Å². The van der Waals surface area contributed by atoms with Gasteiger partial charge in [-0.25, -0.2) is 0 Å². The zero-order valence-electron chi connectivity index (χ0n) is 16.4. The highest BCUT2D eigenvalue weighted by Crippen LogP contribution is 2.32. The first-order chi connectivity index (χ1) is 13.4. The fourth-order valence-corrected chi connectivity index (χ4v) is 3.62. The Balaban J connectivity index is 1.79. The van der Waals surface area contributed by atoms with Crippen LogP contribution in [0.5, 0.6) is 5.75 Å². The van der Waals surface area contributed by atoms with E-state index in [9.17, 15) is 14.4 Å². The van der Waals surface area contributed by atoms with E-state index in [4.69, 9.17) is 14.2 Å². The second-order valence-electron chi connectivity index (χ2n) is 7.06. The molecule has 3 rings (SSSR count). The van der Waals surface area contributed by atoms with E-state index in [0.717, 1.165) is 0 Å². The van der Waals surface area contributed by atoms with E-state index < -0.39 is 0 Å². The molecule has 28 heavy (non-hydrogen) atoms. The highest BCUT2D eigenvalue weighted by atomic mass is 16.5. The molecule has 152 valence electrons. The van der Waals surface area contributed by atoms with Crippen molar-refractivity contribution in [3.8, 4) is 5.75 Å². The number of hydrogen-bond donors (Lipinski definition) is 1. The molecule has 2 heterocycles. The maximum atomic E-state index is 13.1. The van der Waals surface area contributed by atoms with E-state index >= 15 is 0 Å². The molecule has 8 heteroatoms. The van der Waals surface area contributed by atoms with Gasteiger partial charge >= 0.3 is 5.97 Å². The molecule has 1 aromatic carbocycles. The summed E-state index contributed by atoms with van der Waals surface area (Å²) in [6.45, 7) is 2.04. The van der Waals surface area contributed by atoms with E-state index in [2.05, 4.69) is 5.32 Å². The number of nitrogens with one attached hydrogen (secondary N) is 1. The van der Waals surface area contributed by atoms with E-state index in [1.165, 1.54) is 7.11 Å². The Morgan fingerprint density at radius 3 is 2.82 bits per heavy atom. The number of carbonyl (C=O) groups is 3. The van der Waals surface area contributed by atoms with Gasteiger partial charge in [0.05, 0.1) is 31.2 Å². The number of carbonyl (C=O) groups excluding carboxylic acids is 3. The lowest BCUT2D eigenvalue weighted by molar-refractivity contribution is -0.151. The number of amides is 2. The zero-order valence-corrected chi connectivity index (χ0v) is 16.4. The normalized spacial score (nSPS) is 24.2. The molecule has 0 spiro atoms. The Hall–Kier alpha value is -2.61. The van der Waals surface area contributed by atoms with Crippen LogP contribution in [0.3, 0.4) is 0 Å². The molecule has 1 fully saturated rings. The van der Waals surface area contributed by atoms with E-state index in [0.29, 0.717) is 36.3 Å². The number of likely N-dealkylation sites (N-methyl/N-ethyl adjacent to an activating group) is 1. The van der Waals surface area contributed by atoms with Gasteiger partial charge < -0.3 is 24.4 Å². The van der Waals surface area contributed by atoms with Crippen LogP contribution >= 0.6 is 0 Å². The molecule has 3 atom stereocenters. The van der Waals surface area contributed by atoms with Crippen molar-refractivity contribution in [1.82, 2.24) is 4.90 Å². The highest BCUT2D eigenvalue weighted by Gasteiger charge is 2.39. The quantitative estimate of drug-likeness (QED) is 0.790. The Morgan fingerprint density at radius 1 is 1.32 bits per heavy atom. The number of benzene rings is 1. The average molecular weight is 390 g/mol. The van der Waals surface area contributed by atoms with Gasteiger partial charge in [0.25, 0.3) is 5.91 Å². The third-order valence-corrected chi connectivity index (χ3v) is 5.24. The van der Waals surface area contributed by atoms with Gasteiger partial charge in [-0.3, -0.25) is 14.4 Å². The molecule has 0 unspecified atom stereocenters. The van der Waals surface area contributed by atoms with Crippen molar-refractivity contribution in [2.45, 2.75) is 50.9 Å². The van der Waals surface area contributed by atoms with Crippen molar-refractivity contribution in [1.29, 1.82) is 0 Å². The van der Waals surface area contributed by atoms with Gasteiger partial charge in [0, 0.05) is 19.2 Å². The monoisotopic (exact) mass is 390 g/mol. The van der Waals surface area contributed by atoms with Gasteiger partial charge in [-0.05, 0) is 31.0 Å². The summed E-state index contributed by atoms with van der Waals surface area (Å²) in [4.78, 5) is 37.9. The average Bonchev–Trinajstić information content (AvgIpc) is 2.70. The summed E-state index contributed by atoms with van der Waals surface area (Å²) in [6.07, 6.45) is 1.34. The first-order valence-electron chi connectivity index (χ1n) is 9.49. The Labute approximate surface area is 164 Å². The van der Waals surface area contributed by atoms with Gasteiger partial charge in [0.2, 0.25) is 5.91 Å². The Bertz CT molecular complexity index is 765. The summed E-state index contributed by atoms with van der Waals surface area (Å²) in [5.74, 6) is -0.174.